The normalized spacial score (nSPS) is 10.7. The van der Waals surface area contributed by atoms with Crippen LogP contribution in [-0.4, -0.2) is 46.5 Å². The molecule has 184 valence electrons. The Hall–Kier alpha value is -4.39. The van der Waals surface area contributed by atoms with Crippen molar-refractivity contribution in [2.45, 2.75) is 20.8 Å². The summed E-state index contributed by atoms with van der Waals surface area (Å²) in [5, 5.41) is 2.92. The molecular weight excluding hydrogens is 452 g/mol. The van der Waals surface area contributed by atoms with Gasteiger partial charge in [0, 0.05) is 29.6 Å². The number of nitrogens with one attached hydrogen (secondary N) is 1. The van der Waals surface area contributed by atoms with E-state index in [9.17, 15) is 9.59 Å². The number of ether oxygens (including phenoxy) is 1. The molecule has 0 bridgehead atoms. The van der Waals surface area contributed by atoms with Crippen LogP contribution in [0.2, 0.25) is 0 Å². The molecule has 0 saturated heterocycles. The van der Waals surface area contributed by atoms with E-state index in [-0.39, 0.29) is 18.4 Å². The molecule has 0 spiro atoms. The minimum atomic E-state index is -0.320. The SMILES string of the molecule is CCN(CC(=O)Nc1nc(-c2ccc(OC)cc2)cn1-c1ccc(C)cc1)C(=O)c1ccccc1C. The summed E-state index contributed by atoms with van der Waals surface area (Å²) in [5.74, 6) is 0.642. The lowest BCUT2D eigenvalue weighted by Crippen LogP contribution is -2.38. The number of hydrogen-bond acceptors (Lipinski definition) is 4. The lowest BCUT2D eigenvalue weighted by atomic mass is 10.1. The minimum absolute atomic E-state index is 0.0811. The fraction of sp³-hybridized carbons (Fsp3) is 0.207. The first-order chi connectivity index (χ1) is 17.4. The van der Waals surface area contributed by atoms with Crippen LogP contribution in [0.4, 0.5) is 5.95 Å². The first-order valence-corrected chi connectivity index (χ1v) is 11.8. The summed E-state index contributed by atoms with van der Waals surface area (Å²) in [5.41, 5.74) is 5.06. The van der Waals surface area contributed by atoms with E-state index in [0.717, 1.165) is 28.1 Å². The van der Waals surface area contributed by atoms with E-state index in [1.807, 2.05) is 98.3 Å². The molecule has 0 fully saturated rings. The van der Waals surface area contributed by atoms with Crippen LogP contribution in [0, 0.1) is 13.8 Å². The van der Waals surface area contributed by atoms with Gasteiger partial charge in [-0.2, -0.15) is 0 Å². The number of carbonyl (C=O) groups excluding carboxylic acids is 2. The van der Waals surface area contributed by atoms with Crippen LogP contribution in [0.5, 0.6) is 5.75 Å². The summed E-state index contributed by atoms with van der Waals surface area (Å²) in [6.45, 7) is 6.10. The molecule has 2 amide bonds. The maximum absolute atomic E-state index is 13.1. The van der Waals surface area contributed by atoms with Gasteiger partial charge in [0.05, 0.1) is 12.8 Å². The molecule has 7 nitrogen and oxygen atoms in total. The molecule has 36 heavy (non-hydrogen) atoms. The van der Waals surface area contributed by atoms with Crippen LogP contribution in [0.3, 0.4) is 0 Å². The van der Waals surface area contributed by atoms with Crippen LogP contribution in [-0.2, 0) is 4.79 Å². The zero-order valence-electron chi connectivity index (χ0n) is 21.0. The summed E-state index contributed by atoms with van der Waals surface area (Å²) in [6.07, 6.45) is 1.89. The fourth-order valence-electron chi connectivity index (χ4n) is 3.92. The maximum atomic E-state index is 13.1. The average Bonchev–Trinajstić information content (AvgIpc) is 3.31. The summed E-state index contributed by atoms with van der Waals surface area (Å²) >= 11 is 0. The smallest absolute Gasteiger partial charge is 0.254 e. The van der Waals surface area contributed by atoms with E-state index < -0.39 is 0 Å². The van der Waals surface area contributed by atoms with Gasteiger partial charge < -0.3 is 9.64 Å². The number of aromatic nitrogens is 2. The number of aryl methyl sites for hydroxylation is 2. The average molecular weight is 483 g/mol. The van der Waals surface area contributed by atoms with Gasteiger partial charge in [-0.15, -0.1) is 0 Å². The molecular formula is C29H30N4O3. The van der Waals surface area contributed by atoms with Gasteiger partial charge in [0.25, 0.3) is 5.91 Å². The van der Waals surface area contributed by atoms with Gasteiger partial charge in [-0.25, -0.2) is 4.98 Å². The molecule has 0 radical (unpaired) electrons. The topological polar surface area (TPSA) is 76.5 Å². The number of carbonyl (C=O) groups is 2. The van der Waals surface area contributed by atoms with Crippen molar-refractivity contribution < 1.29 is 14.3 Å². The van der Waals surface area contributed by atoms with Gasteiger partial charge in [-0.3, -0.25) is 19.5 Å². The van der Waals surface area contributed by atoms with Crippen LogP contribution in [0.1, 0.15) is 28.4 Å². The van der Waals surface area contributed by atoms with Crippen molar-refractivity contribution >= 4 is 17.8 Å². The molecule has 4 rings (SSSR count). The summed E-state index contributed by atoms with van der Waals surface area (Å²) in [6, 6.07) is 22.9. The standard InChI is InChI=1S/C29H30N4O3/c1-5-32(28(35)25-9-7-6-8-21(25)3)19-27(34)31-29-30-26(22-12-16-24(36-4)17-13-22)18-33(29)23-14-10-20(2)11-15-23/h6-18H,5,19H2,1-4H3,(H,30,31,34). The summed E-state index contributed by atoms with van der Waals surface area (Å²) in [4.78, 5) is 32.4. The van der Waals surface area contributed by atoms with Crippen molar-refractivity contribution in [1.82, 2.24) is 14.5 Å². The van der Waals surface area contributed by atoms with Crippen molar-refractivity contribution in [1.29, 1.82) is 0 Å². The van der Waals surface area contributed by atoms with Crippen molar-refractivity contribution in [3.05, 3.63) is 95.7 Å². The third kappa shape index (κ3) is 5.46. The first-order valence-electron chi connectivity index (χ1n) is 11.8. The second-order valence-corrected chi connectivity index (χ2v) is 8.57. The Labute approximate surface area is 211 Å². The Balaban J connectivity index is 1.61. The highest BCUT2D eigenvalue weighted by molar-refractivity contribution is 5.99. The van der Waals surface area contributed by atoms with Gasteiger partial charge >= 0.3 is 0 Å². The third-order valence-electron chi connectivity index (χ3n) is 6.03. The summed E-state index contributed by atoms with van der Waals surface area (Å²) < 4.78 is 7.10. The van der Waals surface area contributed by atoms with Gasteiger partial charge in [-0.1, -0.05) is 35.9 Å². The van der Waals surface area contributed by atoms with E-state index in [0.29, 0.717) is 23.8 Å². The highest BCUT2D eigenvalue weighted by Gasteiger charge is 2.20. The Morgan fingerprint density at radius 3 is 2.31 bits per heavy atom. The maximum Gasteiger partial charge on any atom is 0.254 e. The van der Waals surface area contributed by atoms with E-state index >= 15 is 0 Å². The Morgan fingerprint density at radius 2 is 1.67 bits per heavy atom. The second-order valence-electron chi connectivity index (χ2n) is 8.57. The number of amides is 2. The van der Waals surface area contributed by atoms with Gasteiger partial charge in [0.2, 0.25) is 11.9 Å². The highest BCUT2D eigenvalue weighted by atomic mass is 16.5. The molecule has 0 aliphatic carbocycles. The zero-order chi connectivity index (χ0) is 25.7. The number of anilines is 1. The van der Waals surface area contributed by atoms with E-state index in [1.54, 1.807) is 13.2 Å². The van der Waals surface area contributed by atoms with Gasteiger partial charge in [0.15, 0.2) is 0 Å². The molecule has 3 aromatic carbocycles. The van der Waals surface area contributed by atoms with Crippen LogP contribution >= 0.6 is 0 Å². The van der Waals surface area contributed by atoms with E-state index in [1.165, 1.54) is 4.90 Å². The summed E-state index contributed by atoms with van der Waals surface area (Å²) in [7, 11) is 1.62. The van der Waals surface area contributed by atoms with Gasteiger partial charge in [-0.05, 0) is 68.8 Å². The Morgan fingerprint density at radius 1 is 0.972 bits per heavy atom. The first kappa shape index (κ1) is 24.7. The van der Waals surface area contributed by atoms with E-state index in [2.05, 4.69) is 5.32 Å². The van der Waals surface area contributed by atoms with Crippen LogP contribution in [0.15, 0.2) is 79.0 Å². The quantitative estimate of drug-likeness (QED) is 0.371. The largest absolute Gasteiger partial charge is 0.497 e. The van der Waals surface area contributed by atoms with Crippen molar-refractivity contribution in [2.24, 2.45) is 0 Å². The van der Waals surface area contributed by atoms with Gasteiger partial charge in [0.1, 0.15) is 12.3 Å². The third-order valence-corrected chi connectivity index (χ3v) is 6.03. The lowest BCUT2D eigenvalue weighted by molar-refractivity contribution is -0.116. The molecule has 4 aromatic rings. The van der Waals surface area contributed by atoms with Crippen molar-refractivity contribution in [3.63, 3.8) is 0 Å². The lowest BCUT2D eigenvalue weighted by Gasteiger charge is -2.21. The molecule has 0 aliphatic heterocycles. The van der Waals surface area contributed by atoms with Crippen molar-refractivity contribution in [2.75, 3.05) is 25.5 Å². The Kier molecular flexibility index (Phi) is 7.49. The number of imidazole rings is 1. The number of rotatable bonds is 8. The second kappa shape index (κ2) is 10.9. The number of nitrogens with zero attached hydrogens (tertiary/aromatic N) is 3. The highest BCUT2D eigenvalue weighted by Crippen LogP contribution is 2.26. The fourth-order valence-corrected chi connectivity index (χ4v) is 3.92. The molecule has 7 heteroatoms. The molecule has 0 aliphatic rings. The predicted octanol–water partition coefficient (Wildman–Crippen LogP) is 5.27. The molecule has 0 unspecified atom stereocenters. The molecule has 0 atom stereocenters. The monoisotopic (exact) mass is 482 g/mol. The Bertz CT molecular complexity index is 1360. The molecule has 1 N–H and O–H groups in total. The number of hydrogen-bond donors (Lipinski definition) is 1. The zero-order valence-corrected chi connectivity index (χ0v) is 21.0. The van der Waals surface area contributed by atoms with Crippen molar-refractivity contribution in [3.8, 4) is 22.7 Å². The van der Waals surface area contributed by atoms with Crippen LogP contribution < -0.4 is 10.1 Å². The van der Waals surface area contributed by atoms with Crippen LogP contribution in [0.25, 0.3) is 16.9 Å². The predicted molar refractivity (Wildman–Crippen MR) is 142 cm³/mol. The van der Waals surface area contributed by atoms with E-state index in [4.69, 9.17) is 9.72 Å². The molecule has 1 aromatic heterocycles. The number of likely N-dealkylation sites (N-methyl/N-ethyl adjacent to an activating group) is 1. The molecule has 0 saturated carbocycles. The molecule has 1 heterocycles. The number of methoxy groups -OCH3 is 1. The number of benzene rings is 3. The minimum Gasteiger partial charge on any atom is -0.497 e.